The highest BCUT2D eigenvalue weighted by molar-refractivity contribution is 6.22. The minimum atomic E-state index is 0.110. The Labute approximate surface area is 120 Å². The average Bonchev–Trinajstić information content (AvgIpc) is 2.34. The standard InChI is InChI=1S/C16H22ClNO/c1-4-5-19-15-7-13(10-18-11-15)12-6-14(17)9-16(2,3)8-12/h6-7,10-11,14H,4-5,8-9H2,1-3H3. The maximum atomic E-state index is 6.34. The predicted octanol–water partition coefficient (Wildman–Crippen LogP) is 4.68. The van der Waals surface area contributed by atoms with E-state index in [-0.39, 0.29) is 10.8 Å². The molecule has 1 unspecified atom stereocenters. The maximum Gasteiger partial charge on any atom is 0.138 e. The largest absolute Gasteiger partial charge is 0.492 e. The molecule has 1 aromatic heterocycles. The van der Waals surface area contributed by atoms with Gasteiger partial charge in [-0.3, -0.25) is 4.98 Å². The second-order valence-electron chi connectivity index (χ2n) is 6.01. The number of ether oxygens (including phenoxy) is 1. The molecule has 1 aliphatic carbocycles. The van der Waals surface area contributed by atoms with Crippen molar-refractivity contribution in [2.45, 2.75) is 45.4 Å². The van der Waals surface area contributed by atoms with Gasteiger partial charge in [0.15, 0.2) is 0 Å². The molecule has 2 rings (SSSR count). The topological polar surface area (TPSA) is 22.1 Å². The quantitative estimate of drug-likeness (QED) is 0.747. The molecule has 0 radical (unpaired) electrons. The second kappa shape index (κ2) is 5.96. The Morgan fingerprint density at radius 2 is 2.21 bits per heavy atom. The first-order chi connectivity index (χ1) is 9.00. The number of rotatable bonds is 4. The molecular formula is C16H22ClNO. The number of hydrogen-bond acceptors (Lipinski definition) is 2. The molecule has 1 aliphatic rings. The lowest BCUT2D eigenvalue weighted by molar-refractivity contribution is 0.316. The van der Waals surface area contributed by atoms with Crippen molar-refractivity contribution in [2.24, 2.45) is 5.41 Å². The molecule has 104 valence electrons. The van der Waals surface area contributed by atoms with E-state index in [2.05, 4.69) is 37.9 Å². The van der Waals surface area contributed by atoms with Gasteiger partial charge in [0.25, 0.3) is 0 Å². The van der Waals surface area contributed by atoms with Gasteiger partial charge in [-0.2, -0.15) is 0 Å². The SMILES string of the molecule is CCCOc1cncc(C2=CC(Cl)CC(C)(C)C2)c1. The molecule has 2 nitrogen and oxygen atoms in total. The molecule has 0 fully saturated rings. The minimum Gasteiger partial charge on any atom is -0.492 e. The molecule has 1 atom stereocenters. The summed E-state index contributed by atoms with van der Waals surface area (Å²) < 4.78 is 5.64. The Hall–Kier alpha value is -1.02. The third-order valence-corrected chi connectivity index (χ3v) is 3.64. The van der Waals surface area contributed by atoms with Crippen molar-refractivity contribution >= 4 is 17.2 Å². The number of aromatic nitrogens is 1. The predicted molar refractivity (Wildman–Crippen MR) is 80.7 cm³/mol. The van der Waals surface area contributed by atoms with E-state index >= 15 is 0 Å². The van der Waals surface area contributed by atoms with E-state index < -0.39 is 0 Å². The fourth-order valence-electron chi connectivity index (χ4n) is 2.54. The molecule has 0 aromatic carbocycles. The van der Waals surface area contributed by atoms with Crippen molar-refractivity contribution in [2.75, 3.05) is 6.61 Å². The summed E-state index contributed by atoms with van der Waals surface area (Å²) in [5, 5.41) is 0.110. The number of halogens is 1. The van der Waals surface area contributed by atoms with Crippen LogP contribution < -0.4 is 4.74 Å². The Morgan fingerprint density at radius 1 is 1.42 bits per heavy atom. The summed E-state index contributed by atoms with van der Waals surface area (Å²) in [5.74, 6) is 0.842. The van der Waals surface area contributed by atoms with E-state index in [1.54, 1.807) is 6.20 Å². The maximum absolute atomic E-state index is 6.34. The van der Waals surface area contributed by atoms with Crippen LogP contribution in [0.3, 0.4) is 0 Å². The van der Waals surface area contributed by atoms with Gasteiger partial charge in [-0.1, -0.05) is 26.8 Å². The van der Waals surface area contributed by atoms with Gasteiger partial charge >= 0.3 is 0 Å². The Morgan fingerprint density at radius 3 is 2.89 bits per heavy atom. The van der Waals surface area contributed by atoms with Crippen LogP contribution in [0, 0.1) is 5.41 Å². The van der Waals surface area contributed by atoms with Gasteiger partial charge in [-0.15, -0.1) is 11.6 Å². The molecule has 1 aromatic rings. The monoisotopic (exact) mass is 279 g/mol. The molecule has 0 bridgehead atoms. The summed E-state index contributed by atoms with van der Waals surface area (Å²) in [6.07, 6.45) is 8.89. The summed E-state index contributed by atoms with van der Waals surface area (Å²) in [7, 11) is 0. The second-order valence-corrected chi connectivity index (χ2v) is 6.57. The first-order valence-electron chi connectivity index (χ1n) is 6.93. The number of hydrogen-bond donors (Lipinski definition) is 0. The molecule has 3 heteroatoms. The van der Waals surface area contributed by atoms with Crippen molar-refractivity contribution < 1.29 is 4.74 Å². The number of pyridine rings is 1. The van der Waals surface area contributed by atoms with E-state index in [0.29, 0.717) is 0 Å². The number of alkyl halides is 1. The summed E-state index contributed by atoms with van der Waals surface area (Å²) in [4.78, 5) is 4.28. The Balaban J connectivity index is 2.21. The lowest BCUT2D eigenvalue weighted by Gasteiger charge is -2.32. The van der Waals surface area contributed by atoms with E-state index in [1.165, 1.54) is 5.57 Å². The van der Waals surface area contributed by atoms with Gasteiger partial charge < -0.3 is 4.74 Å². The molecular weight excluding hydrogens is 258 g/mol. The molecule has 0 N–H and O–H groups in total. The third-order valence-electron chi connectivity index (χ3n) is 3.36. The lowest BCUT2D eigenvalue weighted by Crippen LogP contribution is -2.21. The highest BCUT2D eigenvalue weighted by Gasteiger charge is 2.28. The first-order valence-corrected chi connectivity index (χ1v) is 7.37. The van der Waals surface area contributed by atoms with Crippen molar-refractivity contribution in [1.82, 2.24) is 4.98 Å². The van der Waals surface area contributed by atoms with Crippen molar-refractivity contribution in [3.8, 4) is 5.75 Å². The van der Waals surface area contributed by atoms with Crippen LogP contribution in [-0.4, -0.2) is 17.0 Å². The molecule has 0 saturated carbocycles. The minimum absolute atomic E-state index is 0.110. The fourth-order valence-corrected chi connectivity index (χ4v) is 3.11. The fraction of sp³-hybridized carbons (Fsp3) is 0.562. The van der Waals surface area contributed by atoms with Crippen molar-refractivity contribution in [1.29, 1.82) is 0 Å². The molecule has 0 aliphatic heterocycles. The third kappa shape index (κ3) is 3.97. The smallest absolute Gasteiger partial charge is 0.138 e. The van der Waals surface area contributed by atoms with Crippen LogP contribution in [0.25, 0.3) is 5.57 Å². The highest BCUT2D eigenvalue weighted by Crippen LogP contribution is 2.41. The van der Waals surface area contributed by atoms with Gasteiger partial charge in [-0.05, 0) is 41.9 Å². The van der Waals surface area contributed by atoms with Crippen LogP contribution in [0.5, 0.6) is 5.75 Å². The lowest BCUT2D eigenvalue weighted by atomic mass is 9.75. The van der Waals surface area contributed by atoms with Crippen LogP contribution >= 0.6 is 11.6 Å². The van der Waals surface area contributed by atoms with E-state index in [4.69, 9.17) is 16.3 Å². The Kier molecular flexibility index (Phi) is 4.51. The van der Waals surface area contributed by atoms with Gasteiger partial charge in [0.1, 0.15) is 5.75 Å². The van der Waals surface area contributed by atoms with Crippen LogP contribution in [0.1, 0.15) is 45.6 Å². The van der Waals surface area contributed by atoms with Crippen molar-refractivity contribution in [3.05, 3.63) is 30.1 Å². The van der Waals surface area contributed by atoms with E-state index in [9.17, 15) is 0 Å². The normalized spacial score (nSPS) is 21.9. The Bertz CT molecular complexity index is 468. The zero-order valence-corrected chi connectivity index (χ0v) is 12.7. The summed E-state index contributed by atoms with van der Waals surface area (Å²) in [6.45, 7) is 7.36. The molecule has 19 heavy (non-hydrogen) atoms. The molecule has 0 spiro atoms. The van der Waals surface area contributed by atoms with Crippen LogP contribution in [0.15, 0.2) is 24.5 Å². The van der Waals surface area contributed by atoms with Gasteiger partial charge in [0.05, 0.1) is 18.2 Å². The zero-order valence-electron chi connectivity index (χ0n) is 11.9. The summed E-state index contributed by atoms with van der Waals surface area (Å²) in [5.41, 5.74) is 2.66. The first kappa shape index (κ1) is 14.4. The molecule has 0 amide bonds. The van der Waals surface area contributed by atoms with E-state index in [0.717, 1.165) is 37.2 Å². The van der Waals surface area contributed by atoms with Gasteiger partial charge in [0.2, 0.25) is 0 Å². The van der Waals surface area contributed by atoms with E-state index in [1.807, 2.05) is 6.20 Å². The number of allylic oxidation sites excluding steroid dienone is 2. The molecule has 0 saturated heterocycles. The van der Waals surface area contributed by atoms with Gasteiger partial charge in [0, 0.05) is 6.20 Å². The van der Waals surface area contributed by atoms with Gasteiger partial charge in [-0.25, -0.2) is 0 Å². The average molecular weight is 280 g/mol. The molecule has 1 heterocycles. The number of nitrogens with zero attached hydrogens (tertiary/aromatic N) is 1. The summed E-state index contributed by atoms with van der Waals surface area (Å²) >= 11 is 6.34. The van der Waals surface area contributed by atoms with Crippen LogP contribution in [-0.2, 0) is 0 Å². The zero-order chi connectivity index (χ0) is 13.9. The summed E-state index contributed by atoms with van der Waals surface area (Å²) in [6, 6.07) is 2.07. The van der Waals surface area contributed by atoms with Crippen LogP contribution in [0.2, 0.25) is 0 Å². The van der Waals surface area contributed by atoms with Crippen LogP contribution in [0.4, 0.5) is 0 Å². The highest BCUT2D eigenvalue weighted by atomic mass is 35.5. The van der Waals surface area contributed by atoms with Crippen molar-refractivity contribution in [3.63, 3.8) is 0 Å².